The van der Waals surface area contributed by atoms with Gasteiger partial charge in [0.1, 0.15) is 16.8 Å². The van der Waals surface area contributed by atoms with Crippen LogP contribution in [0.4, 0.5) is 0 Å². The number of benzene rings is 1. The van der Waals surface area contributed by atoms with E-state index in [2.05, 4.69) is 6.92 Å². The lowest BCUT2D eigenvalue weighted by molar-refractivity contribution is 0.288. The van der Waals surface area contributed by atoms with Crippen molar-refractivity contribution in [3.63, 3.8) is 0 Å². The molecule has 3 heteroatoms. The molecule has 0 aliphatic heterocycles. The number of rotatable bonds is 4. The SMILES string of the molecule is CCc1ccc(OC(C)C(N)=S)cc1. The van der Waals surface area contributed by atoms with E-state index in [0.717, 1.165) is 12.2 Å². The average molecular weight is 209 g/mol. The molecule has 1 unspecified atom stereocenters. The second-order valence-electron chi connectivity index (χ2n) is 3.16. The predicted octanol–water partition coefficient (Wildman–Crippen LogP) is 2.30. The van der Waals surface area contributed by atoms with Crippen molar-refractivity contribution in [2.45, 2.75) is 26.4 Å². The van der Waals surface area contributed by atoms with Crippen LogP contribution in [0.2, 0.25) is 0 Å². The first-order valence-electron chi connectivity index (χ1n) is 4.68. The summed E-state index contributed by atoms with van der Waals surface area (Å²) in [5.41, 5.74) is 6.74. The van der Waals surface area contributed by atoms with E-state index < -0.39 is 0 Å². The van der Waals surface area contributed by atoms with E-state index in [1.807, 2.05) is 31.2 Å². The minimum absolute atomic E-state index is 0.211. The summed E-state index contributed by atoms with van der Waals surface area (Å²) in [5, 5.41) is 0. The topological polar surface area (TPSA) is 35.2 Å². The highest BCUT2D eigenvalue weighted by atomic mass is 32.1. The van der Waals surface area contributed by atoms with Gasteiger partial charge in [0.05, 0.1) is 0 Å². The van der Waals surface area contributed by atoms with E-state index in [1.54, 1.807) is 0 Å². The minimum atomic E-state index is -0.211. The van der Waals surface area contributed by atoms with Crippen molar-refractivity contribution in [1.82, 2.24) is 0 Å². The Balaban J connectivity index is 2.64. The largest absolute Gasteiger partial charge is 0.484 e. The molecular weight excluding hydrogens is 194 g/mol. The molecule has 0 fully saturated rings. The fourth-order valence-electron chi connectivity index (χ4n) is 1.07. The highest BCUT2D eigenvalue weighted by Crippen LogP contribution is 2.14. The van der Waals surface area contributed by atoms with E-state index in [9.17, 15) is 0 Å². The molecule has 0 spiro atoms. The van der Waals surface area contributed by atoms with E-state index in [1.165, 1.54) is 5.56 Å². The molecule has 1 aromatic carbocycles. The highest BCUT2D eigenvalue weighted by Gasteiger charge is 2.05. The molecule has 2 nitrogen and oxygen atoms in total. The second kappa shape index (κ2) is 4.96. The maximum atomic E-state index is 5.51. The van der Waals surface area contributed by atoms with Gasteiger partial charge in [-0.25, -0.2) is 0 Å². The molecule has 1 atom stereocenters. The van der Waals surface area contributed by atoms with Gasteiger partial charge in [0.25, 0.3) is 0 Å². The molecule has 0 radical (unpaired) electrons. The fraction of sp³-hybridized carbons (Fsp3) is 0.364. The van der Waals surface area contributed by atoms with Crippen LogP contribution >= 0.6 is 12.2 Å². The minimum Gasteiger partial charge on any atom is -0.484 e. The summed E-state index contributed by atoms with van der Waals surface area (Å²) in [6.07, 6.45) is 0.822. The zero-order chi connectivity index (χ0) is 10.6. The van der Waals surface area contributed by atoms with E-state index >= 15 is 0 Å². The molecule has 14 heavy (non-hydrogen) atoms. The maximum absolute atomic E-state index is 5.51. The van der Waals surface area contributed by atoms with Crippen molar-refractivity contribution < 1.29 is 4.74 Å². The molecule has 1 rings (SSSR count). The Hall–Kier alpha value is -1.09. The third-order valence-corrected chi connectivity index (χ3v) is 2.38. The van der Waals surface area contributed by atoms with Crippen LogP contribution in [0.15, 0.2) is 24.3 Å². The number of hydrogen-bond donors (Lipinski definition) is 1. The second-order valence-corrected chi connectivity index (χ2v) is 3.63. The summed E-state index contributed by atoms with van der Waals surface area (Å²) in [7, 11) is 0. The van der Waals surface area contributed by atoms with Gasteiger partial charge in [0.2, 0.25) is 0 Å². The van der Waals surface area contributed by atoms with Crippen molar-refractivity contribution in [1.29, 1.82) is 0 Å². The number of hydrogen-bond acceptors (Lipinski definition) is 2. The Morgan fingerprint density at radius 2 is 2.00 bits per heavy atom. The van der Waals surface area contributed by atoms with Gasteiger partial charge < -0.3 is 10.5 Å². The average Bonchev–Trinajstić information content (AvgIpc) is 2.19. The van der Waals surface area contributed by atoms with Gasteiger partial charge in [0, 0.05) is 0 Å². The molecule has 0 amide bonds. The standard InChI is InChI=1S/C11H15NOS/c1-3-9-4-6-10(7-5-9)13-8(2)11(12)14/h4-8H,3H2,1-2H3,(H2,12,14). The van der Waals surface area contributed by atoms with Crippen molar-refractivity contribution in [2.24, 2.45) is 5.73 Å². The van der Waals surface area contributed by atoms with Gasteiger partial charge in [-0.05, 0) is 31.0 Å². The van der Waals surface area contributed by atoms with E-state index in [0.29, 0.717) is 4.99 Å². The smallest absolute Gasteiger partial charge is 0.145 e. The van der Waals surface area contributed by atoms with Crippen LogP contribution in [0.5, 0.6) is 5.75 Å². The molecule has 0 aliphatic carbocycles. The lowest BCUT2D eigenvalue weighted by atomic mass is 10.2. The zero-order valence-electron chi connectivity index (χ0n) is 8.49. The van der Waals surface area contributed by atoms with Crippen LogP contribution in [0, 0.1) is 0 Å². The van der Waals surface area contributed by atoms with Gasteiger partial charge in [-0.1, -0.05) is 31.3 Å². The fourth-order valence-corrected chi connectivity index (χ4v) is 1.11. The Kier molecular flexibility index (Phi) is 3.89. The first-order valence-corrected chi connectivity index (χ1v) is 5.09. The number of aryl methyl sites for hydroxylation is 1. The Labute approximate surface area is 90.1 Å². The van der Waals surface area contributed by atoms with Gasteiger partial charge in [-0.15, -0.1) is 0 Å². The third kappa shape index (κ3) is 3.00. The van der Waals surface area contributed by atoms with E-state index in [4.69, 9.17) is 22.7 Å². The molecule has 2 N–H and O–H groups in total. The lowest BCUT2D eigenvalue weighted by Crippen LogP contribution is -2.28. The molecule has 0 aliphatic rings. The summed E-state index contributed by atoms with van der Waals surface area (Å²) in [6, 6.07) is 7.96. The Morgan fingerprint density at radius 1 is 1.43 bits per heavy atom. The summed E-state index contributed by atoms with van der Waals surface area (Å²) in [6.45, 7) is 3.96. The molecule has 0 bridgehead atoms. The van der Waals surface area contributed by atoms with Crippen molar-refractivity contribution >= 4 is 17.2 Å². The first-order chi connectivity index (χ1) is 6.63. The molecule has 76 valence electrons. The van der Waals surface area contributed by atoms with Crippen LogP contribution < -0.4 is 10.5 Å². The zero-order valence-corrected chi connectivity index (χ0v) is 9.30. The summed E-state index contributed by atoms with van der Waals surface area (Å²) in [5.74, 6) is 0.808. The van der Waals surface area contributed by atoms with Crippen LogP contribution in [-0.4, -0.2) is 11.1 Å². The molecule has 0 saturated carbocycles. The van der Waals surface area contributed by atoms with Crippen LogP contribution in [0.3, 0.4) is 0 Å². The molecule has 1 aromatic rings. The third-order valence-electron chi connectivity index (χ3n) is 2.05. The summed E-state index contributed by atoms with van der Waals surface area (Å²) < 4.78 is 5.51. The van der Waals surface area contributed by atoms with Crippen molar-refractivity contribution in [3.05, 3.63) is 29.8 Å². The first kappa shape index (κ1) is 11.0. The van der Waals surface area contributed by atoms with Crippen molar-refractivity contribution in [2.75, 3.05) is 0 Å². The molecule has 0 heterocycles. The van der Waals surface area contributed by atoms with Gasteiger partial charge in [0.15, 0.2) is 0 Å². The van der Waals surface area contributed by atoms with Gasteiger partial charge in [-0.3, -0.25) is 0 Å². The number of thiocarbonyl (C=S) groups is 1. The van der Waals surface area contributed by atoms with Crippen LogP contribution in [0.25, 0.3) is 0 Å². The summed E-state index contributed by atoms with van der Waals surface area (Å²) >= 11 is 4.82. The quantitative estimate of drug-likeness (QED) is 0.773. The van der Waals surface area contributed by atoms with Gasteiger partial charge in [-0.2, -0.15) is 0 Å². The monoisotopic (exact) mass is 209 g/mol. The number of nitrogens with two attached hydrogens (primary N) is 1. The van der Waals surface area contributed by atoms with Crippen LogP contribution in [0.1, 0.15) is 19.4 Å². The normalized spacial score (nSPS) is 12.1. The maximum Gasteiger partial charge on any atom is 0.145 e. The van der Waals surface area contributed by atoms with Gasteiger partial charge >= 0.3 is 0 Å². The molecular formula is C11H15NOS. The van der Waals surface area contributed by atoms with Crippen LogP contribution in [-0.2, 0) is 6.42 Å². The number of ether oxygens (including phenoxy) is 1. The summed E-state index contributed by atoms with van der Waals surface area (Å²) in [4.78, 5) is 0.379. The Morgan fingerprint density at radius 3 is 2.43 bits per heavy atom. The molecule has 0 saturated heterocycles. The molecule has 0 aromatic heterocycles. The lowest BCUT2D eigenvalue weighted by Gasteiger charge is -2.12. The highest BCUT2D eigenvalue weighted by molar-refractivity contribution is 7.80. The van der Waals surface area contributed by atoms with Crippen molar-refractivity contribution in [3.8, 4) is 5.75 Å². The Bertz CT molecular complexity index is 308. The predicted molar refractivity (Wildman–Crippen MR) is 62.7 cm³/mol. The van der Waals surface area contributed by atoms with E-state index in [-0.39, 0.29) is 6.10 Å².